The average Bonchev–Trinajstić information content (AvgIpc) is 2.93. The molecule has 1 atom stereocenters. The Labute approximate surface area is 161 Å². The number of rotatable bonds is 4. The van der Waals surface area contributed by atoms with Crippen molar-refractivity contribution in [2.75, 3.05) is 9.80 Å². The molecule has 134 valence electrons. The van der Waals surface area contributed by atoms with Crippen molar-refractivity contribution in [1.82, 2.24) is 0 Å². The molecule has 1 unspecified atom stereocenters. The summed E-state index contributed by atoms with van der Waals surface area (Å²) in [6.45, 7) is 0. The number of nitrogens with zero attached hydrogens (tertiary/aromatic N) is 2. The fraction of sp³-hybridized carbons (Fsp3) is 0.0476. The Hall–Kier alpha value is -3.25. The summed E-state index contributed by atoms with van der Waals surface area (Å²) in [5, 5.41) is 0.107. The quantitative estimate of drug-likeness (QED) is 0.477. The summed E-state index contributed by atoms with van der Waals surface area (Å²) in [5.41, 5.74) is 1.03. The van der Waals surface area contributed by atoms with E-state index in [1.165, 1.54) is 9.80 Å². The van der Waals surface area contributed by atoms with Crippen molar-refractivity contribution in [2.24, 2.45) is 0 Å². The number of amides is 1. The lowest BCUT2D eigenvalue weighted by molar-refractivity contribution is -0.120. The van der Waals surface area contributed by atoms with Crippen LogP contribution in [0, 0.1) is 0 Å². The predicted molar refractivity (Wildman–Crippen MR) is 107 cm³/mol. The maximum Gasteiger partial charge on any atom is 0.289 e. The number of thiocarbonyl (C=S) groups is 1. The van der Waals surface area contributed by atoms with Crippen molar-refractivity contribution < 1.29 is 13.9 Å². The molecule has 1 fully saturated rings. The van der Waals surface area contributed by atoms with Gasteiger partial charge in [0.2, 0.25) is 0 Å². The first-order valence-electron chi connectivity index (χ1n) is 8.34. The van der Waals surface area contributed by atoms with E-state index in [0.29, 0.717) is 22.9 Å². The Bertz CT molecular complexity index is 964. The van der Waals surface area contributed by atoms with E-state index in [2.05, 4.69) is 0 Å². The molecular weight excluding hydrogens is 363 g/mol. The Kier molecular flexibility index (Phi) is 4.56. The van der Waals surface area contributed by atoms with Crippen molar-refractivity contribution in [3.63, 3.8) is 0 Å². The first-order valence-corrected chi connectivity index (χ1v) is 8.75. The molecule has 0 spiro atoms. The van der Waals surface area contributed by atoms with Crippen LogP contribution in [-0.4, -0.2) is 17.3 Å². The molecule has 27 heavy (non-hydrogen) atoms. The molecule has 3 aromatic carbocycles. The number of hydrogen-bond acceptors (Lipinski definition) is 3. The van der Waals surface area contributed by atoms with Gasteiger partial charge in [0.1, 0.15) is 11.5 Å². The lowest BCUT2D eigenvalue weighted by Crippen LogP contribution is -2.33. The van der Waals surface area contributed by atoms with E-state index in [0.717, 1.165) is 0 Å². The monoisotopic (exact) mass is 378 g/mol. The van der Waals surface area contributed by atoms with Crippen LogP contribution in [0.4, 0.5) is 15.8 Å². The van der Waals surface area contributed by atoms with Gasteiger partial charge in [-0.2, -0.15) is 0 Å². The third-order valence-electron chi connectivity index (χ3n) is 4.16. The molecule has 1 heterocycles. The molecule has 0 bridgehead atoms. The number of alkyl halides is 1. The summed E-state index contributed by atoms with van der Waals surface area (Å²) in [5.74, 6) is 0.614. The lowest BCUT2D eigenvalue weighted by atomic mass is 10.2. The zero-order chi connectivity index (χ0) is 18.8. The maximum absolute atomic E-state index is 14.7. The molecular formula is C21H15FN2O2S. The minimum atomic E-state index is -1.86. The highest BCUT2D eigenvalue weighted by atomic mass is 32.1. The van der Waals surface area contributed by atoms with Gasteiger partial charge >= 0.3 is 0 Å². The van der Waals surface area contributed by atoms with E-state index in [9.17, 15) is 9.18 Å². The molecule has 3 aromatic rings. The van der Waals surface area contributed by atoms with Crippen LogP contribution in [0.2, 0.25) is 0 Å². The SMILES string of the molecule is O=C1C(F)N(c2ccc(Oc3ccccc3)cc2)C(=S)N1c1ccccc1. The fourth-order valence-electron chi connectivity index (χ4n) is 2.87. The van der Waals surface area contributed by atoms with Crippen LogP contribution in [-0.2, 0) is 4.79 Å². The Morgan fingerprint density at radius 2 is 1.33 bits per heavy atom. The number of hydrogen-bond donors (Lipinski definition) is 0. The molecule has 4 rings (SSSR count). The van der Waals surface area contributed by atoms with Crippen molar-refractivity contribution in [2.45, 2.75) is 6.30 Å². The van der Waals surface area contributed by atoms with Gasteiger partial charge in [-0.15, -0.1) is 0 Å². The highest BCUT2D eigenvalue weighted by Gasteiger charge is 2.44. The number of halogens is 1. The average molecular weight is 378 g/mol. The maximum atomic E-state index is 14.7. The third-order valence-corrected chi connectivity index (χ3v) is 4.54. The molecule has 0 aliphatic carbocycles. The summed E-state index contributed by atoms with van der Waals surface area (Å²) in [6.07, 6.45) is -1.86. The Balaban J connectivity index is 1.58. The van der Waals surface area contributed by atoms with E-state index >= 15 is 0 Å². The smallest absolute Gasteiger partial charge is 0.289 e. The molecule has 0 aromatic heterocycles. The first kappa shape index (κ1) is 17.2. The van der Waals surface area contributed by atoms with Gasteiger partial charge in [0.15, 0.2) is 5.11 Å². The van der Waals surface area contributed by atoms with Crippen molar-refractivity contribution in [3.8, 4) is 11.5 Å². The third kappa shape index (κ3) is 3.27. The molecule has 0 radical (unpaired) electrons. The van der Waals surface area contributed by atoms with E-state index in [1.54, 1.807) is 48.5 Å². The number of ether oxygens (including phenoxy) is 1. The number of benzene rings is 3. The second kappa shape index (κ2) is 7.17. The molecule has 0 N–H and O–H groups in total. The van der Waals surface area contributed by atoms with Crippen molar-refractivity contribution >= 4 is 34.6 Å². The van der Waals surface area contributed by atoms with Crippen LogP contribution in [0.25, 0.3) is 0 Å². The van der Waals surface area contributed by atoms with Gasteiger partial charge < -0.3 is 4.74 Å². The largest absolute Gasteiger partial charge is 0.457 e. The fourth-order valence-corrected chi connectivity index (χ4v) is 3.26. The molecule has 1 aliphatic rings. The van der Waals surface area contributed by atoms with Crippen LogP contribution in [0.3, 0.4) is 0 Å². The minimum Gasteiger partial charge on any atom is -0.457 e. The second-order valence-electron chi connectivity index (χ2n) is 5.91. The molecule has 0 saturated carbocycles. The van der Waals surface area contributed by atoms with Gasteiger partial charge in [-0.05, 0) is 60.7 Å². The first-order chi connectivity index (χ1) is 13.1. The van der Waals surface area contributed by atoms with Crippen LogP contribution < -0.4 is 14.5 Å². The summed E-state index contributed by atoms with van der Waals surface area (Å²) >= 11 is 5.38. The van der Waals surface area contributed by atoms with Gasteiger partial charge in [-0.3, -0.25) is 14.6 Å². The molecule has 1 amide bonds. The van der Waals surface area contributed by atoms with Gasteiger partial charge in [0.05, 0.1) is 5.69 Å². The molecule has 1 aliphatic heterocycles. The Morgan fingerprint density at radius 3 is 1.96 bits per heavy atom. The zero-order valence-electron chi connectivity index (χ0n) is 14.2. The normalized spacial score (nSPS) is 16.7. The molecule has 6 heteroatoms. The van der Waals surface area contributed by atoms with Gasteiger partial charge in [0, 0.05) is 5.69 Å². The lowest BCUT2D eigenvalue weighted by Gasteiger charge is -2.21. The summed E-state index contributed by atoms with van der Waals surface area (Å²) < 4.78 is 20.5. The predicted octanol–water partition coefficient (Wildman–Crippen LogP) is 4.91. The Morgan fingerprint density at radius 1 is 0.778 bits per heavy atom. The van der Waals surface area contributed by atoms with Crippen LogP contribution in [0.1, 0.15) is 0 Å². The van der Waals surface area contributed by atoms with Crippen LogP contribution >= 0.6 is 12.2 Å². The minimum absolute atomic E-state index is 0.107. The van der Waals surface area contributed by atoms with Crippen molar-refractivity contribution in [3.05, 3.63) is 84.9 Å². The number of anilines is 2. The van der Waals surface area contributed by atoms with E-state index in [-0.39, 0.29) is 5.11 Å². The van der Waals surface area contributed by atoms with E-state index in [1.807, 2.05) is 36.4 Å². The summed E-state index contributed by atoms with van der Waals surface area (Å²) in [4.78, 5) is 14.8. The van der Waals surface area contributed by atoms with E-state index in [4.69, 9.17) is 17.0 Å². The van der Waals surface area contributed by atoms with Gasteiger partial charge in [-0.1, -0.05) is 36.4 Å². The highest BCUT2D eigenvalue weighted by Crippen LogP contribution is 2.32. The standard InChI is InChI=1S/C21H15FN2O2S/c22-19-20(25)24(15-7-3-1-4-8-15)21(27)23(19)16-11-13-18(14-12-16)26-17-9-5-2-6-10-17/h1-14,19H. The number of carbonyl (C=O) groups is 1. The van der Waals surface area contributed by atoms with E-state index < -0.39 is 12.2 Å². The summed E-state index contributed by atoms with van der Waals surface area (Å²) in [7, 11) is 0. The van der Waals surface area contributed by atoms with Crippen molar-refractivity contribution in [1.29, 1.82) is 0 Å². The highest BCUT2D eigenvalue weighted by molar-refractivity contribution is 7.81. The summed E-state index contributed by atoms with van der Waals surface area (Å²) in [6, 6.07) is 25.0. The number of carbonyl (C=O) groups excluding carboxylic acids is 1. The second-order valence-corrected chi connectivity index (χ2v) is 6.27. The topological polar surface area (TPSA) is 32.8 Å². The van der Waals surface area contributed by atoms with Crippen LogP contribution in [0.5, 0.6) is 11.5 Å². The zero-order valence-corrected chi connectivity index (χ0v) is 15.0. The number of para-hydroxylation sites is 2. The molecule has 1 saturated heterocycles. The van der Waals surface area contributed by atoms with Gasteiger partial charge in [0.25, 0.3) is 12.2 Å². The molecule has 4 nitrogen and oxygen atoms in total. The van der Waals surface area contributed by atoms with Gasteiger partial charge in [-0.25, -0.2) is 4.39 Å². The van der Waals surface area contributed by atoms with Crippen LogP contribution in [0.15, 0.2) is 84.9 Å².